The molecule has 0 bridgehead atoms. The summed E-state index contributed by atoms with van der Waals surface area (Å²) in [5.74, 6) is 2.38. The second-order valence-corrected chi connectivity index (χ2v) is 9.50. The molecule has 0 spiro atoms. The molecule has 5 rings (SSSR count). The minimum Gasteiger partial charge on any atom is -0.350 e. The van der Waals surface area contributed by atoms with Gasteiger partial charge in [-0.15, -0.1) is 11.3 Å². The number of carbonyl (C=O) groups excluding carboxylic acids is 1. The second-order valence-electron chi connectivity index (χ2n) is 8.65. The predicted octanol–water partition coefficient (Wildman–Crippen LogP) is 3.92. The van der Waals surface area contributed by atoms with Gasteiger partial charge in [0.15, 0.2) is 0 Å². The molecule has 0 unspecified atom stereocenters. The minimum atomic E-state index is 0.104. The molecular formula is C24H28N6OS. The van der Waals surface area contributed by atoms with E-state index in [1.165, 1.54) is 16.9 Å². The lowest BCUT2D eigenvalue weighted by atomic mass is 9.94. The summed E-state index contributed by atoms with van der Waals surface area (Å²) in [6.45, 7) is 7.23. The van der Waals surface area contributed by atoms with Crippen molar-refractivity contribution in [2.45, 2.75) is 52.0 Å². The smallest absolute Gasteiger partial charge is 0.265 e. The average Bonchev–Trinajstić information content (AvgIpc) is 3.25. The van der Waals surface area contributed by atoms with Crippen molar-refractivity contribution in [3.05, 3.63) is 63.3 Å². The zero-order valence-corrected chi connectivity index (χ0v) is 19.4. The second kappa shape index (κ2) is 8.94. The molecule has 3 aromatic heterocycles. The lowest BCUT2D eigenvalue weighted by Gasteiger charge is -2.34. The number of hydrogen-bond acceptors (Lipinski definition) is 7. The number of aromatic nitrogens is 4. The van der Waals surface area contributed by atoms with Gasteiger partial charge in [-0.25, -0.2) is 15.0 Å². The summed E-state index contributed by atoms with van der Waals surface area (Å²) in [5, 5.41) is 0. The van der Waals surface area contributed by atoms with Gasteiger partial charge >= 0.3 is 0 Å². The Morgan fingerprint density at radius 3 is 2.66 bits per heavy atom. The SMILES string of the molecule is Cc1ncsc1C(=O)N1CCC(c2nc(C)c3c(n2)N(Cc2ccccn2)CCC3)CC1. The van der Waals surface area contributed by atoms with Gasteiger partial charge in [-0.2, -0.15) is 0 Å². The van der Waals surface area contributed by atoms with Crippen molar-refractivity contribution in [2.75, 3.05) is 24.5 Å². The van der Waals surface area contributed by atoms with E-state index in [1.54, 1.807) is 5.51 Å². The molecule has 1 saturated heterocycles. The van der Waals surface area contributed by atoms with Crippen LogP contribution in [0.25, 0.3) is 0 Å². The van der Waals surface area contributed by atoms with Crippen LogP contribution in [0.5, 0.6) is 0 Å². The maximum Gasteiger partial charge on any atom is 0.265 e. The van der Waals surface area contributed by atoms with Gasteiger partial charge in [0.25, 0.3) is 5.91 Å². The van der Waals surface area contributed by atoms with Crippen molar-refractivity contribution in [3.8, 4) is 0 Å². The maximum atomic E-state index is 12.8. The number of pyridine rings is 1. The van der Waals surface area contributed by atoms with E-state index in [0.29, 0.717) is 0 Å². The van der Waals surface area contributed by atoms with Crippen LogP contribution in [0.15, 0.2) is 29.9 Å². The molecule has 166 valence electrons. The largest absolute Gasteiger partial charge is 0.350 e. The third kappa shape index (κ3) is 4.11. The molecule has 1 amide bonds. The summed E-state index contributed by atoms with van der Waals surface area (Å²) in [4.78, 5) is 36.6. The summed E-state index contributed by atoms with van der Waals surface area (Å²) in [6.07, 6.45) is 5.77. The van der Waals surface area contributed by atoms with Crippen LogP contribution in [0, 0.1) is 13.8 Å². The Hall–Kier alpha value is -2.87. The third-order valence-corrected chi connectivity index (χ3v) is 7.45. The van der Waals surface area contributed by atoms with Crippen molar-refractivity contribution in [1.82, 2.24) is 24.8 Å². The summed E-state index contributed by atoms with van der Waals surface area (Å²) < 4.78 is 0. The zero-order valence-electron chi connectivity index (χ0n) is 18.6. The molecule has 2 aliphatic heterocycles. The van der Waals surface area contributed by atoms with E-state index in [2.05, 4.69) is 27.9 Å². The highest BCUT2D eigenvalue weighted by Crippen LogP contribution is 2.33. The van der Waals surface area contributed by atoms with Crippen molar-refractivity contribution >= 4 is 23.1 Å². The number of hydrogen-bond donors (Lipinski definition) is 0. The van der Waals surface area contributed by atoms with Gasteiger partial charge in [0.2, 0.25) is 0 Å². The number of carbonyl (C=O) groups is 1. The highest BCUT2D eigenvalue weighted by molar-refractivity contribution is 7.11. The van der Waals surface area contributed by atoms with Crippen LogP contribution < -0.4 is 4.90 Å². The molecule has 0 aliphatic carbocycles. The van der Waals surface area contributed by atoms with Gasteiger partial charge < -0.3 is 9.80 Å². The zero-order chi connectivity index (χ0) is 22.1. The van der Waals surface area contributed by atoms with Gasteiger partial charge in [-0.3, -0.25) is 9.78 Å². The molecule has 0 N–H and O–H groups in total. The minimum absolute atomic E-state index is 0.104. The van der Waals surface area contributed by atoms with Gasteiger partial charge in [-0.05, 0) is 51.7 Å². The molecule has 0 saturated carbocycles. The van der Waals surface area contributed by atoms with E-state index in [0.717, 1.165) is 85.5 Å². The lowest BCUT2D eigenvalue weighted by Crippen LogP contribution is -2.38. The van der Waals surface area contributed by atoms with E-state index in [4.69, 9.17) is 9.97 Å². The fourth-order valence-electron chi connectivity index (χ4n) is 4.72. The molecule has 5 heterocycles. The van der Waals surface area contributed by atoms with Crippen LogP contribution >= 0.6 is 11.3 Å². The van der Waals surface area contributed by atoms with Crippen LogP contribution in [-0.2, 0) is 13.0 Å². The first-order valence-corrected chi connectivity index (χ1v) is 12.2. The van der Waals surface area contributed by atoms with Gasteiger partial charge in [-0.1, -0.05) is 6.07 Å². The first kappa shape index (κ1) is 21.0. The molecule has 2 aliphatic rings. The van der Waals surface area contributed by atoms with E-state index in [-0.39, 0.29) is 11.8 Å². The quantitative estimate of drug-likeness (QED) is 0.602. The fourth-order valence-corrected chi connectivity index (χ4v) is 5.49. The molecule has 32 heavy (non-hydrogen) atoms. The number of thiazole rings is 1. The number of piperidine rings is 1. The Balaban J connectivity index is 1.33. The Morgan fingerprint density at radius 2 is 1.94 bits per heavy atom. The molecule has 3 aromatic rings. The first-order chi connectivity index (χ1) is 15.6. The summed E-state index contributed by atoms with van der Waals surface area (Å²) >= 11 is 1.43. The van der Waals surface area contributed by atoms with Gasteiger partial charge in [0.1, 0.15) is 16.5 Å². The third-order valence-electron chi connectivity index (χ3n) is 6.53. The Morgan fingerprint density at radius 1 is 1.09 bits per heavy atom. The number of likely N-dealkylation sites (tertiary alicyclic amines) is 1. The summed E-state index contributed by atoms with van der Waals surface area (Å²) in [7, 11) is 0. The molecule has 0 aromatic carbocycles. The van der Waals surface area contributed by atoms with Crippen molar-refractivity contribution in [2.24, 2.45) is 0 Å². The van der Waals surface area contributed by atoms with Gasteiger partial charge in [0, 0.05) is 43.0 Å². The molecule has 0 atom stereocenters. The summed E-state index contributed by atoms with van der Waals surface area (Å²) in [6, 6.07) is 6.05. The molecule has 1 fully saturated rings. The number of fused-ring (bicyclic) bond motifs is 1. The lowest BCUT2D eigenvalue weighted by molar-refractivity contribution is 0.0715. The van der Waals surface area contributed by atoms with Crippen LogP contribution in [-0.4, -0.2) is 50.4 Å². The molecule has 8 heteroatoms. The van der Waals surface area contributed by atoms with E-state index < -0.39 is 0 Å². The Labute approximate surface area is 192 Å². The van der Waals surface area contributed by atoms with Crippen LogP contribution in [0.3, 0.4) is 0 Å². The summed E-state index contributed by atoms with van der Waals surface area (Å²) in [5.41, 5.74) is 5.99. The van der Waals surface area contributed by atoms with Crippen LogP contribution in [0.4, 0.5) is 5.82 Å². The van der Waals surface area contributed by atoms with Crippen molar-refractivity contribution in [3.63, 3.8) is 0 Å². The average molecular weight is 449 g/mol. The van der Waals surface area contributed by atoms with E-state index in [9.17, 15) is 4.79 Å². The predicted molar refractivity (Wildman–Crippen MR) is 125 cm³/mol. The van der Waals surface area contributed by atoms with Crippen molar-refractivity contribution < 1.29 is 4.79 Å². The topological polar surface area (TPSA) is 75.1 Å². The Kier molecular flexibility index (Phi) is 5.87. The van der Waals surface area contributed by atoms with E-state index in [1.807, 2.05) is 30.2 Å². The number of rotatable bonds is 4. The van der Waals surface area contributed by atoms with E-state index >= 15 is 0 Å². The fraction of sp³-hybridized carbons (Fsp3) is 0.458. The highest BCUT2D eigenvalue weighted by atomic mass is 32.1. The molecular weight excluding hydrogens is 420 g/mol. The molecule has 7 nitrogen and oxygen atoms in total. The normalized spacial score (nSPS) is 16.8. The number of amides is 1. The van der Waals surface area contributed by atoms with Crippen molar-refractivity contribution in [1.29, 1.82) is 0 Å². The highest BCUT2D eigenvalue weighted by Gasteiger charge is 2.30. The number of anilines is 1. The van der Waals surface area contributed by atoms with Crippen LogP contribution in [0.1, 0.15) is 63.3 Å². The Bertz CT molecular complexity index is 1110. The maximum absolute atomic E-state index is 12.8. The monoisotopic (exact) mass is 448 g/mol. The number of aryl methyl sites for hydroxylation is 2. The number of nitrogens with zero attached hydrogens (tertiary/aromatic N) is 6. The molecule has 0 radical (unpaired) electrons. The first-order valence-electron chi connectivity index (χ1n) is 11.3. The van der Waals surface area contributed by atoms with Gasteiger partial charge in [0.05, 0.1) is 23.4 Å². The van der Waals surface area contributed by atoms with Crippen LogP contribution in [0.2, 0.25) is 0 Å². The standard InChI is InChI=1S/C24H28N6OS/c1-16-20-7-5-11-30(14-19-6-3-4-10-25-19)23(20)28-22(27-16)18-8-12-29(13-9-18)24(31)21-17(2)26-15-32-21/h3-4,6,10,15,18H,5,7-9,11-14H2,1-2H3.